The molecule has 1 aromatic carbocycles. The Bertz CT molecular complexity index is 812. The van der Waals surface area contributed by atoms with E-state index in [0.717, 1.165) is 37.4 Å². The molecule has 0 spiro atoms. The fourth-order valence-electron chi connectivity index (χ4n) is 3.09. The monoisotopic (exact) mass is 398 g/mol. The largest absolute Gasteiger partial charge is 0.381 e. The second-order valence-corrected chi connectivity index (χ2v) is 7.52. The second-order valence-electron chi connectivity index (χ2n) is 7.52. The zero-order valence-corrected chi connectivity index (χ0v) is 17.4. The average Bonchev–Trinajstić information content (AvgIpc) is 3.40. The third kappa shape index (κ3) is 6.05. The first-order chi connectivity index (χ1) is 14.0. The van der Waals surface area contributed by atoms with E-state index in [0.29, 0.717) is 18.4 Å². The molecule has 2 heterocycles. The zero-order valence-electron chi connectivity index (χ0n) is 17.4. The van der Waals surface area contributed by atoms with E-state index in [4.69, 9.17) is 4.74 Å². The van der Waals surface area contributed by atoms with Gasteiger partial charge in [0.2, 0.25) is 5.91 Å². The molecule has 1 unspecified atom stereocenters. The van der Waals surface area contributed by atoms with E-state index in [1.165, 1.54) is 0 Å². The van der Waals surface area contributed by atoms with Crippen molar-refractivity contribution >= 4 is 11.9 Å². The number of hydrogen-bond donors (Lipinski definition) is 1. The Labute approximate surface area is 172 Å². The Morgan fingerprint density at radius 1 is 1.31 bits per heavy atom. The highest BCUT2D eigenvalue weighted by Crippen LogP contribution is 2.12. The molecule has 0 bridgehead atoms. The summed E-state index contributed by atoms with van der Waals surface area (Å²) in [7, 11) is 5.45. The summed E-state index contributed by atoms with van der Waals surface area (Å²) in [6.45, 7) is 3.11. The van der Waals surface area contributed by atoms with Crippen LogP contribution in [0, 0.1) is 5.92 Å². The van der Waals surface area contributed by atoms with Crippen molar-refractivity contribution in [3.05, 3.63) is 48.3 Å². The van der Waals surface area contributed by atoms with Crippen LogP contribution < -0.4 is 5.32 Å². The van der Waals surface area contributed by atoms with Crippen LogP contribution in [0.5, 0.6) is 0 Å². The van der Waals surface area contributed by atoms with Gasteiger partial charge in [-0.3, -0.25) is 4.79 Å². The number of carbonyl (C=O) groups excluding carboxylic acids is 1. The lowest BCUT2D eigenvalue weighted by molar-refractivity contribution is -0.127. The molecule has 1 atom stereocenters. The first-order valence-corrected chi connectivity index (χ1v) is 9.89. The third-order valence-electron chi connectivity index (χ3n) is 4.87. The lowest BCUT2D eigenvalue weighted by atomic mass is 10.1. The molecular weight excluding hydrogens is 368 g/mol. The molecule has 1 aliphatic rings. The predicted octanol–water partition coefficient (Wildman–Crippen LogP) is 1.37. The molecule has 8 heteroatoms. The summed E-state index contributed by atoms with van der Waals surface area (Å²) in [5, 5.41) is 7.87. The van der Waals surface area contributed by atoms with Crippen molar-refractivity contribution < 1.29 is 9.53 Å². The molecule has 8 nitrogen and oxygen atoms in total. The van der Waals surface area contributed by atoms with Crippen LogP contribution in [0.3, 0.4) is 0 Å². The highest BCUT2D eigenvalue weighted by atomic mass is 16.5. The van der Waals surface area contributed by atoms with Crippen LogP contribution in [0.15, 0.2) is 47.7 Å². The number of carbonyl (C=O) groups is 1. The number of aromatic nitrogens is 2. The Balaban J connectivity index is 1.66. The van der Waals surface area contributed by atoms with E-state index in [-0.39, 0.29) is 12.5 Å². The molecule has 156 valence electrons. The van der Waals surface area contributed by atoms with Crippen LogP contribution in [-0.2, 0) is 16.1 Å². The van der Waals surface area contributed by atoms with Gasteiger partial charge in [-0.15, -0.1) is 0 Å². The lowest BCUT2D eigenvalue weighted by Gasteiger charge is -2.23. The van der Waals surface area contributed by atoms with Crippen molar-refractivity contribution in [3.8, 4) is 5.69 Å². The Morgan fingerprint density at radius 2 is 2.10 bits per heavy atom. The number of likely N-dealkylation sites (N-methyl/N-ethyl adjacent to an activating group) is 1. The molecule has 0 radical (unpaired) electrons. The second kappa shape index (κ2) is 10.1. The highest BCUT2D eigenvalue weighted by Gasteiger charge is 2.17. The number of rotatable bonds is 7. The highest BCUT2D eigenvalue weighted by molar-refractivity contribution is 5.84. The van der Waals surface area contributed by atoms with Gasteiger partial charge in [0.25, 0.3) is 0 Å². The topological polar surface area (TPSA) is 75.0 Å². The van der Waals surface area contributed by atoms with Crippen molar-refractivity contribution in [2.24, 2.45) is 10.9 Å². The Kier molecular flexibility index (Phi) is 7.24. The van der Waals surface area contributed by atoms with Crippen LogP contribution in [0.2, 0.25) is 0 Å². The van der Waals surface area contributed by atoms with E-state index in [2.05, 4.69) is 15.4 Å². The molecular formula is C21H30N6O2. The maximum absolute atomic E-state index is 12.0. The van der Waals surface area contributed by atoms with E-state index >= 15 is 0 Å². The van der Waals surface area contributed by atoms with Gasteiger partial charge < -0.3 is 19.9 Å². The van der Waals surface area contributed by atoms with Gasteiger partial charge in [0.15, 0.2) is 5.96 Å². The Morgan fingerprint density at radius 3 is 2.79 bits per heavy atom. The van der Waals surface area contributed by atoms with Crippen molar-refractivity contribution in [1.29, 1.82) is 0 Å². The average molecular weight is 399 g/mol. The van der Waals surface area contributed by atoms with Gasteiger partial charge in [-0.25, -0.2) is 9.67 Å². The normalized spacial score (nSPS) is 16.7. The number of amides is 1. The molecule has 1 saturated heterocycles. The summed E-state index contributed by atoms with van der Waals surface area (Å²) < 4.78 is 7.31. The molecule has 0 saturated carbocycles. The molecule has 0 aliphatic carbocycles. The maximum Gasteiger partial charge on any atom is 0.243 e. The number of benzene rings is 1. The van der Waals surface area contributed by atoms with E-state index < -0.39 is 0 Å². The van der Waals surface area contributed by atoms with Crippen molar-refractivity contribution in [3.63, 3.8) is 0 Å². The predicted molar refractivity (Wildman–Crippen MR) is 113 cm³/mol. The molecule has 1 N–H and O–H groups in total. The molecule has 1 aromatic heterocycles. The quantitative estimate of drug-likeness (QED) is 0.563. The number of guanidine groups is 1. The van der Waals surface area contributed by atoms with E-state index in [9.17, 15) is 4.79 Å². The summed E-state index contributed by atoms with van der Waals surface area (Å²) >= 11 is 0. The molecule has 1 amide bonds. The van der Waals surface area contributed by atoms with Gasteiger partial charge >= 0.3 is 0 Å². The fraction of sp³-hybridized carbons (Fsp3) is 0.476. The molecule has 1 aliphatic heterocycles. The number of ether oxygens (including phenoxy) is 1. The maximum atomic E-state index is 12.0. The standard InChI is InChI=1S/C21H30N6O2/c1-25(2)20(28)13-23-21(22-11-17-9-10-29-16-17)26(3)14-18-12-24-27(15-18)19-7-5-4-6-8-19/h4-8,12,15,17H,9-11,13-14,16H2,1-3H3,(H,22,23). The SMILES string of the molecule is CN(C)C(=O)CN=C(NCC1CCOC1)N(C)Cc1cnn(-c2ccccc2)c1. The first kappa shape index (κ1) is 20.9. The van der Waals surface area contributed by atoms with Crippen LogP contribution in [0.1, 0.15) is 12.0 Å². The van der Waals surface area contributed by atoms with Gasteiger partial charge in [-0.2, -0.15) is 5.10 Å². The summed E-state index contributed by atoms with van der Waals surface area (Å²) in [5.74, 6) is 1.15. The van der Waals surface area contributed by atoms with Crippen LogP contribution >= 0.6 is 0 Å². The van der Waals surface area contributed by atoms with Gasteiger partial charge in [0.05, 0.1) is 18.5 Å². The minimum absolute atomic E-state index is 0.0289. The van der Waals surface area contributed by atoms with Gasteiger partial charge in [-0.05, 0) is 18.6 Å². The van der Waals surface area contributed by atoms with Gasteiger partial charge in [-0.1, -0.05) is 18.2 Å². The summed E-state index contributed by atoms with van der Waals surface area (Å²) in [5.41, 5.74) is 2.08. The summed E-state index contributed by atoms with van der Waals surface area (Å²) in [6.07, 6.45) is 4.92. The molecule has 1 fully saturated rings. The van der Waals surface area contributed by atoms with Gasteiger partial charge in [0.1, 0.15) is 6.54 Å². The first-order valence-electron chi connectivity index (χ1n) is 9.89. The number of aliphatic imine (C=N–C) groups is 1. The fourth-order valence-corrected chi connectivity index (χ4v) is 3.09. The minimum atomic E-state index is -0.0289. The van der Waals surface area contributed by atoms with Crippen molar-refractivity contribution in [2.75, 3.05) is 47.4 Å². The van der Waals surface area contributed by atoms with Crippen LogP contribution in [0.25, 0.3) is 5.69 Å². The number of hydrogen-bond acceptors (Lipinski definition) is 4. The Hall–Kier alpha value is -2.87. The summed E-state index contributed by atoms with van der Waals surface area (Å²) in [6, 6.07) is 10.0. The van der Waals surface area contributed by atoms with E-state index in [1.807, 2.05) is 59.4 Å². The molecule has 29 heavy (non-hydrogen) atoms. The number of nitrogens with one attached hydrogen (secondary N) is 1. The van der Waals surface area contributed by atoms with Crippen molar-refractivity contribution in [1.82, 2.24) is 24.9 Å². The third-order valence-corrected chi connectivity index (χ3v) is 4.87. The van der Waals surface area contributed by atoms with Crippen LogP contribution in [0.4, 0.5) is 0 Å². The smallest absolute Gasteiger partial charge is 0.243 e. The summed E-state index contributed by atoms with van der Waals surface area (Å²) in [4.78, 5) is 20.1. The van der Waals surface area contributed by atoms with Gasteiger partial charge in [0, 0.05) is 58.5 Å². The van der Waals surface area contributed by atoms with Crippen molar-refractivity contribution in [2.45, 2.75) is 13.0 Å². The number of nitrogens with zero attached hydrogens (tertiary/aromatic N) is 5. The number of para-hydroxylation sites is 1. The minimum Gasteiger partial charge on any atom is -0.381 e. The lowest BCUT2D eigenvalue weighted by Crippen LogP contribution is -2.41. The molecule has 2 aromatic rings. The molecule has 3 rings (SSSR count). The zero-order chi connectivity index (χ0) is 20.6. The van der Waals surface area contributed by atoms with E-state index in [1.54, 1.807) is 19.0 Å². The van der Waals surface area contributed by atoms with Crippen LogP contribution in [-0.4, -0.2) is 78.9 Å².